The van der Waals surface area contributed by atoms with E-state index in [9.17, 15) is 0 Å². The normalized spacial score (nSPS) is 10.8. The van der Waals surface area contributed by atoms with Gasteiger partial charge in [0, 0.05) is 18.3 Å². The second kappa shape index (κ2) is 7.78. The first kappa shape index (κ1) is 16.3. The molecule has 0 bridgehead atoms. The second-order valence-electron chi connectivity index (χ2n) is 5.97. The Balaban J connectivity index is 2.04. The van der Waals surface area contributed by atoms with E-state index in [4.69, 9.17) is 0 Å². The van der Waals surface area contributed by atoms with Gasteiger partial charge in [0.1, 0.15) is 17.5 Å². The molecule has 0 spiro atoms. The van der Waals surface area contributed by atoms with Crippen LogP contribution in [0.4, 0.5) is 17.3 Å². The highest BCUT2D eigenvalue weighted by atomic mass is 15.1. The smallest absolute Gasteiger partial charge is 0.136 e. The molecular weight excluding hydrogens is 272 g/mol. The summed E-state index contributed by atoms with van der Waals surface area (Å²) in [6.45, 7) is 9.45. The standard InChI is InChI=1S/C18H26N4/c1-5-15-6-8-16(9-7-15)22-18-12-17(20-14(4)21-18)19-11-10-13(2)3/h6-9,12-13H,5,10-11H2,1-4H3,(H2,19,20,21,22). The first-order chi connectivity index (χ1) is 10.6. The molecule has 2 rings (SSSR count). The van der Waals surface area contributed by atoms with Crippen molar-refractivity contribution in [3.05, 3.63) is 41.7 Å². The SMILES string of the molecule is CCc1ccc(Nc2cc(NCCC(C)C)nc(C)n2)cc1. The lowest BCUT2D eigenvalue weighted by molar-refractivity contribution is 0.606. The third kappa shape index (κ3) is 5.02. The van der Waals surface area contributed by atoms with Crippen molar-refractivity contribution in [2.75, 3.05) is 17.2 Å². The Kier molecular flexibility index (Phi) is 5.75. The van der Waals surface area contributed by atoms with Crippen LogP contribution in [0.15, 0.2) is 30.3 Å². The number of rotatable bonds is 7. The van der Waals surface area contributed by atoms with Crippen LogP contribution in [0.1, 0.15) is 38.6 Å². The van der Waals surface area contributed by atoms with Crippen LogP contribution < -0.4 is 10.6 Å². The summed E-state index contributed by atoms with van der Waals surface area (Å²) in [5.41, 5.74) is 2.38. The molecule has 4 nitrogen and oxygen atoms in total. The van der Waals surface area contributed by atoms with E-state index < -0.39 is 0 Å². The van der Waals surface area contributed by atoms with Gasteiger partial charge in [0.15, 0.2) is 0 Å². The summed E-state index contributed by atoms with van der Waals surface area (Å²) in [5.74, 6) is 3.15. The minimum Gasteiger partial charge on any atom is -0.370 e. The third-order valence-corrected chi connectivity index (χ3v) is 3.50. The fraction of sp³-hybridized carbons (Fsp3) is 0.444. The van der Waals surface area contributed by atoms with Gasteiger partial charge in [0.25, 0.3) is 0 Å². The largest absolute Gasteiger partial charge is 0.370 e. The van der Waals surface area contributed by atoms with E-state index in [1.807, 2.05) is 13.0 Å². The fourth-order valence-corrected chi connectivity index (χ4v) is 2.18. The van der Waals surface area contributed by atoms with Crippen molar-refractivity contribution in [3.8, 4) is 0 Å². The molecule has 2 N–H and O–H groups in total. The van der Waals surface area contributed by atoms with Gasteiger partial charge in [-0.3, -0.25) is 0 Å². The Labute approximate surface area is 133 Å². The first-order valence-electron chi connectivity index (χ1n) is 8.02. The van der Waals surface area contributed by atoms with E-state index in [1.54, 1.807) is 0 Å². The number of hydrogen-bond acceptors (Lipinski definition) is 4. The minimum absolute atomic E-state index is 0.685. The average Bonchev–Trinajstić information content (AvgIpc) is 2.47. The van der Waals surface area contributed by atoms with E-state index in [0.29, 0.717) is 5.92 Å². The Bertz CT molecular complexity index is 591. The highest BCUT2D eigenvalue weighted by Gasteiger charge is 2.03. The number of benzene rings is 1. The zero-order valence-corrected chi connectivity index (χ0v) is 14.0. The van der Waals surface area contributed by atoms with Gasteiger partial charge in [-0.1, -0.05) is 32.9 Å². The van der Waals surface area contributed by atoms with E-state index in [-0.39, 0.29) is 0 Å². The Hall–Kier alpha value is -2.10. The molecule has 0 amide bonds. The van der Waals surface area contributed by atoms with Crippen molar-refractivity contribution < 1.29 is 0 Å². The lowest BCUT2D eigenvalue weighted by Crippen LogP contribution is -2.08. The van der Waals surface area contributed by atoms with Gasteiger partial charge in [0.05, 0.1) is 0 Å². The topological polar surface area (TPSA) is 49.8 Å². The van der Waals surface area contributed by atoms with E-state index in [2.05, 4.69) is 65.6 Å². The summed E-state index contributed by atoms with van der Waals surface area (Å²) in [4.78, 5) is 8.89. The van der Waals surface area contributed by atoms with Crippen LogP contribution in [-0.4, -0.2) is 16.5 Å². The maximum atomic E-state index is 4.45. The number of aryl methyl sites for hydroxylation is 2. The van der Waals surface area contributed by atoms with E-state index >= 15 is 0 Å². The quantitative estimate of drug-likeness (QED) is 0.787. The maximum absolute atomic E-state index is 4.45. The molecule has 4 heteroatoms. The highest BCUT2D eigenvalue weighted by Crippen LogP contribution is 2.18. The van der Waals surface area contributed by atoms with Crippen molar-refractivity contribution in [3.63, 3.8) is 0 Å². The molecule has 0 unspecified atom stereocenters. The van der Waals surface area contributed by atoms with Crippen molar-refractivity contribution in [1.29, 1.82) is 0 Å². The van der Waals surface area contributed by atoms with Crippen molar-refractivity contribution in [1.82, 2.24) is 9.97 Å². The van der Waals surface area contributed by atoms with Crippen molar-refractivity contribution in [2.45, 2.75) is 40.5 Å². The highest BCUT2D eigenvalue weighted by molar-refractivity contribution is 5.59. The number of nitrogens with one attached hydrogen (secondary N) is 2. The molecule has 1 aromatic heterocycles. The van der Waals surface area contributed by atoms with Gasteiger partial charge in [-0.15, -0.1) is 0 Å². The van der Waals surface area contributed by atoms with Gasteiger partial charge < -0.3 is 10.6 Å². The van der Waals surface area contributed by atoms with Gasteiger partial charge in [-0.05, 0) is 43.4 Å². The van der Waals surface area contributed by atoms with Crippen LogP contribution in [0, 0.1) is 12.8 Å². The molecule has 118 valence electrons. The molecule has 1 aromatic carbocycles. The van der Waals surface area contributed by atoms with Crippen molar-refractivity contribution in [2.24, 2.45) is 5.92 Å². The number of nitrogens with zero attached hydrogens (tertiary/aromatic N) is 2. The van der Waals surface area contributed by atoms with Gasteiger partial charge in [-0.25, -0.2) is 9.97 Å². The van der Waals surface area contributed by atoms with Gasteiger partial charge >= 0.3 is 0 Å². The Morgan fingerprint density at radius 1 is 1.05 bits per heavy atom. The van der Waals surface area contributed by atoms with Gasteiger partial charge in [-0.2, -0.15) is 0 Å². The average molecular weight is 298 g/mol. The molecule has 0 atom stereocenters. The fourth-order valence-electron chi connectivity index (χ4n) is 2.18. The van der Waals surface area contributed by atoms with Crippen LogP contribution >= 0.6 is 0 Å². The predicted octanol–water partition coefficient (Wildman–Crippen LogP) is 4.55. The molecular formula is C18H26N4. The summed E-state index contributed by atoms with van der Waals surface area (Å²) in [7, 11) is 0. The van der Waals surface area contributed by atoms with Crippen LogP contribution in [-0.2, 0) is 6.42 Å². The van der Waals surface area contributed by atoms with E-state index in [0.717, 1.165) is 42.5 Å². The molecule has 2 aromatic rings. The molecule has 0 aliphatic heterocycles. The summed E-state index contributed by atoms with van der Waals surface area (Å²) in [6, 6.07) is 10.4. The molecule has 22 heavy (non-hydrogen) atoms. The minimum atomic E-state index is 0.685. The monoisotopic (exact) mass is 298 g/mol. The summed E-state index contributed by atoms with van der Waals surface area (Å²) < 4.78 is 0. The summed E-state index contributed by atoms with van der Waals surface area (Å²) >= 11 is 0. The third-order valence-electron chi connectivity index (χ3n) is 3.50. The van der Waals surface area contributed by atoms with Crippen LogP contribution in [0.25, 0.3) is 0 Å². The lowest BCUT2D eigenvalue weighted by Gasteiger charge is -2.11. The van der Waals surface area contributed by atoms with Crippen LogP contribution in [0.5, 0.6) is 0 Å². The molecule has 0 fully saturated rings. The molecule has 0 saturated heterocycles. The predicted molar refractivity (Wildman–Crippen MR) is 93.8 cm³/mol. The summed E-state index contributed by atoms with van der Waals surface area (Å²) in [5, 5.41) is 6.71. The van der Waals surface area contributed by atoms with E-state index in [1.165, 1.54) is 5.56 Å². The van der Waals surface area contributed by atoms with Gasteiger partial charge in [0.2, 0.25) is 0 Å². The molecule has 0 radical (unpaired) electrons. The van der Waals surface area contributed by atoms with Crippen LogP contribution in [0.3, 0.4) is 0 Å². The van der Waals surface area contributed by atoms with Crippen molar-refractivity contribution >= 4 is 17.3 Å². The summed E-state index contributed by atoms with van der Waals surface area (Å²) in [6.07, 6.45) is 2.18. The second-order valence-corrected chi connectivity index (χ2v) is 5.97. The Morgan fingerprint density at radius 3 is 2.36 bits per heavy atom. The maximum Gasteiger partial charge on any atom is 0.136 e. The zero-order chi connectivity index (χ0) is 15.9. The van der Waals surface area contributed by atoms with Crippen LogP contribution in [0.2, 0.25) is 0 Å². The first-order valence-corrected chi connectivity index (χ1v) is 8.02. The molecule has 0 aliphatic carbocycles. The zero-order valence-electron chi connectivity index (χ0n) is 14.0. The number of aromatic nitrogens is 2. The molecule has 1 heterocycles. The lowest BCUT2D eigenvalue weighted by atomic mass is 10.1. The Morgan fingerprint density at radius 2 is 1.73 bits per heavy atom. The number of anilines is 3. The molecule has 0 aliphatic rings. The molecule has 0 saturated carbocycles. The number of hydrogen-bond donors (Lipinski definition) is 2.